The number of fused-ring (bicyclic) bond motifs is 1. The normalized spacial score (nSPS) is 21.5. The Bertz CT molecular complexity index is 940. The number of piperidine rings is 1. The van der Waals surface area contributed by atoms with Gasteiger partial charge in [0.25, 0.3) is 5.91 Å². The molecule has 0 saturated carbocycles. The van der Waals surface area contributed by atoms with Crippen molar-refractivity contribution in [3.8, 4) is 0 Å². The highest BCUT2D eigenvalue weighted by molar-refractivity contribution is 6.04. The standard InChI is InChI=1S/C24H37N7O2/c1-28-23-20(5-6-21(26-23)31-11-4-17-33-18-16-31)22(27-28)24(32)25-19-7-12-30(13-8-19)15-14-29-9-2-3-10-29/h5-6,19H,2-4,7-18H2,1H3,(H,25,32). The molecular weight excluding hydrogens is 418 g/mol. The van der Waals surface area contributed by atoms with Gasteiger partial charge in [0.2, 0.25) is 0 Å². The molecule has 2 aromatic heterocycles. The maximum atomic E-state index is 13.1. The van der Waals surface area contributed by atoms with Gasteiger partial charge in [-0.2, -0.15) is 5.10 Å². The van der Waals surface area contributed by atoms with Gasteiger partial charge in [-0.15, -0.1) is 0 Å². The van der Waals surface area contributed by atoms with Gasteiger partial charge >= 0.3 is 0 Å². The number of nitrogens with zero attached hydrogens (tertiary/aromatic N) is 6. The molecule has 0 radical (unpaired) electrons. The second-order valence-electron chi connectivity index (χ2n) is 9.60. The van der Waals surface area contributed by atoms with Crippen LogP contribution in [0.25, 0.3) is 11.0 Å². The minimum atomic E-state index is -0.0890. The van der Waals surface area contributed by atoms with Gasteiger partial charge in [-0.1, -0.05) is 0 Å². The second kappa shape index (κ2) is 10.4. The molecule has 0 spiro atoms. The van der Waals surface area contributed by atoms with Crippen molar-refractivity contribution in [2.24, 2.45) is 7.05 Å². The second-order valence-corrected chi connectivity index (χ2v) is 9.60. The Morgan fingerprint density at radius 1 is 1.00 bits per heavy atom. The van der Waals surface area contributed by atoms with Gasteiger partial charge in [-0.05, 0) is 57.3 Å². The van der Waals surface area contributed by atoms with Crippen LogP contribution in [0.5, 0.6) is 0 Å². The SMILES string of the molecule is Cn1nc(C(=O)NC2CCN(CCN3CCCC3)CC2)c2ccc(N3CCCOCC3)nc21. The van der Waals surface area contributed by atoms with E-state index in [1.165, 1.54) is 32.5 Å². The number of anilines is 1. The molecule has 180 valence electrons. The lowest BCUT2D eigenvalue weighted by molar-refractivity contribution is 0.0904. The predicted octanol–water partition coefficient (Wildman–Crippen LogP) is 1.49. The minimum Gasteiger partial charge on any atom is -0.380 e. The summed E-state index contributed by atoms with van der Waals surface area (Å²) in [7, 11) is 1.86. The molecule has 9 heteroatoms. The highest BCUT2D eigenvalue weighted by Crippen LogP contribution is 2.22. The molecule has 0 aromatic carbocycles. The third-order valence-corrected chi connectivity index (χ3v) is 7.29. The number of aryl methyl sites for hydroxylation is 1. The third-order valence-electron chi connectivity index (χ3n) is 7.29. The van der Waals surface area contributed by atoms with Crippen molar-refractivity contribution in [2.45, 2.75) is 38.1 Å². The molecule has 3 saturated heterocycles. The van der Waals surface area contributed by atoms with Crippen LogP contribution in [0.1, 0.15) is 42.6 Å². The van der Waals surface area contributed by atoms with Crippen LogP contribution in [0.3, 0.4) is 0 Å². The number of aromatic nitrogens is 3. The predicted molar refractivity (Wildman–Crippen MR) is 129 cm³/mol. The van der Waals surface area contributed by atoms with E-state index in [0.29, 0.717) is 5.69 Å². The van der Waals surface area contributed by atoms with E-state index in [1.807, 2.05) is 19.2 Å². The maximum absolute atomic E-state index is 13.1. The zero-order valence-corrected chi connectivity index (χ0v) is 19.8. The highest BCUT2D eigenvalue weighted by atomic mass is 16.5. The molecule has 3 aliphatic heterocycles. The zero-order chi connectivity index (χ0) is 22.6. The van der Waals surface area contributed by atoms with E-state index in [4.69, 9.17) is 9.72 Å². The summed E-state index contributed by atoms with van der Waals surface area (Å²) in [6.07, 6.45) is 5.68. The fourth-order valence-electron chi connectivity index (χ4n) is 5.28. The molecule has 2 aromatic rings. The summed E-state index contributed by atoms with van der Waals surface area (Å²) in [5.41, 5.74) is 1.22. The summed E-state index contributed by atoms with van der Waals surface area (Å²) in [5.74, 6) is 0.832. The van der Waals surface area contributed by atoms with Crippen molar-refractivity contribution in [1.29, 1.82) is 0 Å². The number of likely N-dealkylation sites (tertiary alicyclic amines) is 2. The van der Waals surface area contributed by atoms with E-state index in [1.54, 1.807) is 4.68 Å². The monoisotopic (exact) mass is 455 g/mol. The fraction of sp³-hybridized carbons (Fsp3) is 0.708. The number of hydrogen-bond acceptors (Lipinski definition) is 7. The molecular formula is C24H37N7O2. The number of hydrogen-bond donors (Lipinski definition) is 1. The summed E-state index contributed by atoms with van der Waals surface area (Å²) in [4.78, 5) is 25.3. The van der Waals surface area contributed by atoms with Crippen molar-refractivity contribution in [3.63, 3.8) is 0 Å². The Morgan fingerprint density at radius 2 is 1.76 bits per heavy atom. The summed E-state index contributed by atoms with van der Waals surface area (Å²) in [6.45, 7) is 10.2. The van der Waals surface area contributed by atoms with Gasteiger partial charge < -0.3 is 24.8 Å². The van der Waals surface area contributed by atoms with Gasteiger partial charge in [-0.25, -0.2) is 9.67 Å². The van der Waals surface area contributed by atoms with Gasteiger partial charge in [-0.3, -0.25) is 4.79 Å². The molecule has 0 aliphatic carbocycles. The quantitative estimate of drug-likeness (QED) is 0.707. The van der Waals surface area contributed by atoms with Crippen molar-refractivity contribution in [3.05, 3.63) is 17.8 Å². The molecule has 0 unspecified atom stereocenters. The molecule has 3 aliphatic rings. The smallest absolute Gasteiger partial charge is 0.272 e. The Morgan fingerprint density at radius 3 is 2.55 bits per heavy atom. The first-order valence-electron chi connectivity index (χ1n) is 12.6. The number of rotatable bonds is 6. The van der Waals surface area contributed by atoms with E-state index < -0.39 is 0 Å². The number of pyridine rings is 1. The van der Waals surface area contributed by atoms with Crippen LogP contribution < -0.4 is 10.2 Å². The van der Waals surface area contributed by atoms with E-state index in [-0.39, 0.29) is 11.9 Å². The maximum Gasteiger partial charge on any atom is 0.272 e. The number of nitrogens with one attached hydrogen (secondary N) is 1. The van der Waals surface area contributed by atoms with Crippen molar-refractivity contribution >= 4 is 22.8 Å². The van der Waals surface area contributed by atoms with Crippen LogP contribution >= 0.6 is 0 Å². The van der Waals surface area contributed by atoms with E-state index in [0.717, 1.165) is 82.1 Å². The van der Waals surface area contributed by atoms with Crippen LogP contribution in [-0.2, 0) is 11.8 Å². The lowest BCUT2D eigenvalue weighted by Gasteiger charge is -2.33. The van der Waals surface area contributed by atoms with E-state index in [9.17, 15) is 4.79 Å². The van der Waals surface area contributed by atoms with Crippen LogP contribution in [-0.4, -0.2) is 102 Å². The first kappa shape index (κ1) is 22.6. The Kier molecular flexibility index (Phi) is 7.08. The van der Waals surface area contributed by atoms with Crippen molar-refractivity contribution in [1.82, 2.24) is 29.9 Å². The van der Waals surface area contributed by atoms with E-state index >= 15 is 0 Å². The molecule has 33 heavy (non-hydrogen) atoms. The third kappa shape index (κ3) is 5.31. The topological polar surface area (TPSA) is 78.8 Å². The molecule has 5 rings (SSSR count). The first-order chi connectivity index (χ1) is 16.2. The lowest BCUT2D eigenvalue weighted by atomic mass is 10.0. The summed E-state index contributed by atoms with van der Waals surface area (Å²) >= 11 is 0. The average Bonchev–Trinajstić information content (AvgIpc) is 3.37. The highest BCUT2D eigenvalue weighted by Gasteiger charge is 2.25. The molecule has 0 bridgehead atoms. The molecule has 9 nitrogen and oxygen atoms in total. The van der Waals surface area contributed by atoms with Crippen molar-refractivity contribution in [2.75, 3.05) is 70.5 Å². The summed E-state index contributed by atoms with van der Waals surface area (Å²) < 4.78 is 7.29. The van der Waals surface area contributed by atoms with Gasteiger partial charge in [0.15, 0.2) is 11.3 Å². The number of ether oxygens (including phenoxy) is 1. The average molecular weight is 456 g/mol. The summed E-state index contributed by atoms with van der Waals surface area (Å²) in [6, 6.07) is 4.21. The lowest BCUT2D eigenvalue weighted by Crippen LogP contribution is -2.46. The zero-order valence-electron chi connectivity index (χ0n) is 19.8. The Hall–Kier alpha value is -2.23. The van der Waals surface area contributed by atoms with Gasteiger partial charge in [0.05, 0.1) is 12.0 Å². The Labute approximate surface area is 196 Å². The van der Waals surface area contributed by atoms with Gasteiger partial charge in [0.1, 0.15) is 5.82 Å². The number of amides is 1. The van der Waals surface area contributed by atoms with Gasteiger partial charge in [0, 0.05) is 59.0 Å². The molecule has 1 amide bonds. The fourth-order valence-corrected chi connectivity index (χ4v) is 5.28. The van der Waals surface area contributed by atoms with Crippen LogP contribution in [0, 0.1) is 0 Å². The number of carbonyl (C=O) groups is 1. The van der Waals surface area contributed by atoms with E-state index in [2.05, 4.69) is 25.1 Å². The van der Waals surface area contributed by atoms with Crippen LogP contribution in [0.4, 0.5) is 5.82 Å². The molecule has 0 atom stereocenters. The number of carbonyl (C=O) groups excluding carboxylic acids is 1. The van der Waals surface area contributed by atoms with Crippen LogP contribution in [0.2, 0.25) is 0 Å². The summed E-state index contributed by atoms with van der Waals surface area (Å²) in [5, 5.41) is 8.58. The molecule has 5 heterocycles. The van der Waals surface area contributed by atoms with Crippen molar-refractivity contribution < 1.29 is 9.53 Å². The first-order valence-corrected chi connectivity index (χ1v) is 12.6. The minimum absolute atomic E-state index is 0.0890. The molecule has 3 fully saturated rings. The molecule has 1 N–H and O–H groups in total. The Balaban J connectivity index is 1.18. The largest absolute Gasteiger partial charge is 0.380 e. The van der Waals surface area contributed by atoms with Crippen LogP contribution in [0.15, 0.2) is 12.1 Å².